The zero-order valence-electron chi connectivity index (χ0n) is 18.1. The summed E-state index contributed by atoms with van der Waals surface area (Å²) in [5, 5.41) is 0.397. The molecule has 0 fully saturated rings. The van der Waals surface area contributed by atoms with Gasteiger partial charge in [-0.2, -0.15) is 4.31 Å². The van der Waals surface area contributed by atoms with Crippen molar-refractivity contribution in [3.05, 3.63) is 95.0 Å². The quantitative estimate of drug-likeness (QED) is 0.367. The van der Waals surface area contributed by atoms with Crippen LogP contribution in [0.1, 0.15) is 39.0 Å². The Bertz CT molecular complexity index is 1490. The van der Waals surface area contributed by atoms with Crippen LogP contribution in [-0.4, -0.2) is 20.1 Å². The number of amides is 1. The number of anilines is 1. The van der Waals surface area contributed by atoms with Gasteiger partial charge in [0.2, 0.25) is 0 Å². The molecule has 0 atom stereocenters. The summed E-state index contributed by atoms with van der Waals surface area (Å²) >= 11 is 0. The topological polar surface area (TPSA) is 84.7 Å². The van der Waals surface area contributed by atoms with Crippen LogP contribution in [0.25, 0.3) is 11.0 Å². The Balaban J connectivity index is 1.95. The summed E-state index contributed by atoms with van der Waals surface area (Å²) in [6.07, 6.45) is 0. The fourth-order valence-electron chi connectivity index (χ4n) is 3.66. The minimum absolute atomic E-state index is 0.0284. The monoisotopic (exact) mass is 465 g/mol. The van der Waals surface area contributed by atoms with Crippen LogP contribution in [0.15, 0.2) is 76.0 Å². The fourth-order valence-corrected chi connectivity index (χ4v) is 5.07. The van der Waals surface area contributed by atoms with Crippen LogP contribution < -0.4 is 4.31 Å². The molecule has 4 rings (SSSR count). The number of aryl methyl sites for hydroxylation is 2. The van der Waals surface area contributed by atoms with Gasteiger partial charge in [-0.05, 0) is 75.4 Å². The lowest BCUT2D eigenvalue weighted by molar-refractivity contribution is 0.1000. The minimum atomic E-state index is -4.42. The molecule has 0 N–H and O–H groups in total. The number of ketones is 1. The van der Waals surface area contributed by atoms with Crippen molar-refractivity contribution in [3.63, 3.8) is 0 Å². The highest BCUT2D eigenvalue weighted by Gasteiger charge is 2.32. The summed E-state index contributed by atoms with van der Waals surface area (Å²) in [4.78, 5) is 25.4. The molecule has 0 aliphatic heterocycles. The number of carbonyl (C=O) groups excluding carboxylic acids is 2. The highest BCUT2D eigenvalue weighted by atomic mass is 32.2. The molecule has 0 unspecified atom stereocenters. The lowest BCUT2D eigenvalue weighted by Gasteiger charge is -2.23. The van der Waals surface area contributed by atoms with Gasteiger partial charge < -0.3 is 4.42 Å². The molecule has 8 heteroatoms. The lowest BCUT2D eigenvalue weighted by atomic mass is 10.1. The van der Waals surface area contributed by atoms with Crippen molar-refractivity contribution in [1.29, 1.82) is 0 Å². The van der Waals surface area contributed by atoms with E-state index in [4.69, 9.17) is 4.42 Å². The van der Waals surface area contributed by atoms with Crippen molar-refractivity contribution in [1.82, 2.24) is 0 Å². The molecule has 0 aliphatic rings. The van der Waals surface area contributed by atoms with Gasteiger partial charge in [0.15, 0.2) is 5.78 Å². The standard InChI is InChI=1S/C25H20FNO5S/c1-15-4-6-18(7-5-15)25(29)27(33(30,31)21-11-8-19(26)9-12-21)20-10-13-23-22(14-20)24(16(2)28)17(3)32-23/h4-14H,1-3H3. The highest BCUT2D eigenvalue weighted by Crippen LogP contribution is 2.33. The zero-order valence-corrected chi connectivity index (χ0v) is 18.9. The Kier molecular flexibility index (Phi) is 5.63. The molecular weight excluding hydrogens is 445 g/mol. The normalized spacial score (nSPS) is 11.5. The number of sulfonamides is 1. The van der Waals surface area contributed by atoms with Gasteiger partial charge in [0.05, 0.1) is 16.1 Å². The molecule has 0 aliphatic carbocycles. The van der Waals surface area contributed by atoms with Crippen LogP contribution in [0.2, 0.25) is 0 Å². The van der Waals surface area contributed by atoms with E-state index >= 15 is 0 Å². The number of furan rings is 1. The number of halogens is 1. The maximum Gasteiger partial charge on any atom is 0.272 e. The predicted molar refractivity (Wildman–Crippen MR) is 123 cm³/mol. The first-order valence-electron chi connectivity index (χ1n) is 10.1. The number of hydrogen-bond donors (Lipinski definition) is 0. The van der Waals surface area contributed by atoms with E-state index in [-0.39, 0.29) is 21.9 Å². The number of hydrogen-bond acceptors (Lipinski definition) is 5. The third-order valence-electron chi connectivity index (χ3n) is 5.27. The van der Waals surface area contributed by atoms with Crippen molar-refractivity contribution in [3.8, 4) is 0 Å². The number of benzene rings is 3. The molecule has 1 aromatic heterocycles. The van der Waals surface area contributed by atoms with Crippen molar-refractivity contribution in [2.75, 3.05) is 4.31 Å². The molecule has 0 saturated carbocycles. The summed E-state index contributed by atoms with van der Waals surface area (Å²) in [5.41, 5.74) is 1.79. The van der Waals surface area contributed by atoms with E-state index in [0.717, 1.165) is 29.8 Å². The number of fused-ring (bicyclic) bond motifs is 1. The Morgan fingerprint density at radius 2 is 1.55 bits per heavy atom. The van der Waals surface area contributed by atoms with Crippen LogP contribution in [-0.2, 0) is 10.0 Å². The van der Waals surface area contributed by atoms with Gasteiger partial charge in [0.25, 0.3) is 15.9 Å². The summed E-state index contributed by atoms with van der Waals surface area (Å²) in [6.45, 7) is 4.87. The van der Waals surface area contributed by atoms with Crippen molar-refractivity contribution >= 4 is 38.4 Å². The first-order chi connectivity index (χ1) is 15.6. The molecule has 3 aromatic carbocycles. The second-order valence-corrected chi connectivity index (χ2v) is 9.45. The van der Waals surface area contributed by atoms with Crippen LogP contribution >= 0.6 is 0 Å². The third-order valence-corrected chi connectivity index (χ3v) is 6.99. The molecule has 0 bridgehead atoms. The molecule has 1 amide bonds. The zero-order chi connectivity index (χ0) is 23.9. The minimum Gasteiger partial charge on any atom is -0.461 e. The Morgan fingerprint density at radius 1 is 0.909 bits per heavy atom. The lowest BCUT2D eigenvalue weighted by Crippen LogP contribution is -2.37. The third kappa shape index (κ3) is 4.05. The van der Waals surface area contributed by atoms with E-state index in [0.29, 0.717) is 26.6 Å². The molecule has 33 heavy (non-hydrogen) atoms. The Morgan fingerprint density at radius 3 is 2.15 bits per heavy atom. The van der Waals surface area contributed by atoms with E-state index in [1.165, 1.54) is 37.3 Å². The van der Waals surface area contributed by atoms with Crippen molar-refractivity contribution < 1.29 is 26.8 Å². The predicted octanol–water partition coefficient (Wildman–Crippen LogP) is 5.43. The average Bonchev–Trinajstić information content (AvgIpc) is 3.09. The van der Waals surface area contributed by atoms with Gasteiger partial charge in [0.1, 0.15) is 17.2 Å². The molecule has 0 saturated heterocycles. The highest BCUT2D eigenvalue weighted by molar-refractivity contribution is 7.93. The molecule has 0 radical (unpaired) electrons. The van der Waals surface area contributed by atoms with E-state index in [9.17, 15) is 22.4 Å². The second-order valence-electron chi connectivity index (χ2n) is 7.66. The molecule has 6 nitrogen and oxygen atoms in total. The maximum atomic E-state index is 13.6. The van der Waals surface area contributed by atoms with Gasteiger partial charge in [-0.1, -0.05) is 17.7 Å². The molecule has 1 heterocycles. The summed E-state index contributed by atoms with van der Waals surface area (Å²) in [5.74, 6) is -1.25. The van der Waals surface area contributed by atoms with Crippen LogP contribution in [0, 0.1) is 19.7 Å². The number of rotatable bonds is 5. The van der Waals surface area contributed by atoms with Crippen molar-refractivity contribution in [2.24, 2.45) is 0 Å². The maximum absolute atomic E-state index is 13.6. The van der Waals surface area contributed by atoms with Crippen LogP contribution in [0.3, 0.4) is 0 Å². The molecule has 4 aromatic rings. The van der Waals surface area contributed by atoms with E-state index in [2.05, 4.69) is 0 Å². The van der Waals surface area contributed by atoms with Crippen molar-refractivity contribution in [2.45, 2.75) is 25.7 Å². The number of Topliss-reactive ketones (excluding diaryl/α,β-unsaturated/α-hetero) is 1. The van der Waals surface area contributed by atoms with Crippen LogP contribution in [0.5, 0.6) is 0 Å². The Hall–Kier alpha value is -3.78. The first kappa shape index (κ1) is 22.4. The van der Waals surface area contributed by atoms with Gasteiger partial charge in [0, 0.05) is 10.9 Å². The van der Waals surface area contributed by atoms with Gasteiger partial charge >= 0.3 is 0 Å². The van der Waals surface area contributed by atoms with E-state index in [1.807, 2.05) is 6.92 Å². The molecular formula is C25H20FNO5S. The van der Waals surface area contributed by atoms with Gasteiger partial charge in [-0.25, -0.2) is 12.8 Å². The summed E-state index contributed by atoms with van der Waals surface area (Å²) < 4.78 is 46.9. The fraction of sp³-hybridized carbons (Fsp3) is 0.120. The second kappa shape index (κ2) is 8.29. The van der Waals surface area contributed by atoms with Gasteiger partial charge in [-0.3, -0.25) is 9.59 Å². The van der Waals surface area contributed by atoms with E-state index < -0.39 is 21.7 Å². The first-order valence-corrected chi connectivity index (χ1v) is 11.5. The number of nitrogens with zero attached hydrogens (tertiary/aromatic N) is 1. The molecule has 0 spiro atoms. The number of carbonyl (C=O) groups is 2. The largest absolute Gasteiger partial charge is 0.461 e. The SMILES string of the molecule is CC(=O)c1c(C)oc2ccc(N(C(=O)c3ccc(C)cc3)S(=O)(=O)c3ccc(F)cc3)cc12. The van der Waals surface area contributed by atoms with Crippen LogP contribution in [0.4, 0.5) is 10.1 Å². The smallest absolute Gasteiger partial charge is 0.272 e. The summed E-state index contributed by atoms with van der Waals surface area (Å²) in [7, 11) is -4.42. The average molecular weight is 466 g/mol. The summed E-state index contributed by atoms with van der Waals surface area (Å²) in [6, 6.07) is 15.1. The Labute approximate surface area is 190 Å². The molecule has 168 valence electrons. The van der Waals surface area contributed by atoms with Gasteiger partial charge in [-0.15, -0.1) is 0 Å². The van der Waals surface area contributed by atoms with E-state index in [1.54, 1.807) is 19.1 Å².